The van der Waals surface area contributed by atoms with Crippen molar-refractivity contribution in [2.75, 3.05) is 37.8 Å². The summed E-state index contributed by atoms with van der Waals surface area (Å²) in [6.45, 7) is 2.02. The highest BCUT2D eigenvalue weighted by atomic mass is 32.2. The minimum atomic E-state index is -5.93. The van der Waals surface area contributed by atoms with Crippen LogP contribution < -0.4 is 35.9 Å². The molecule has 6 N–H and O–H groups in total. The van der Waals surface area contributed by atoms with Crippen LogP contribution in [0.1, 0.15) is 78.4 Å². The molecule has 29 heteroatoms. The van der Waals surface area contributed by atoms with E-state index < -0.39 is 84.6 Å². The summed E-state index contributed by atoms with van der Waals surface area (Å²) in [6, 6.07) is 0. The number of aliphatic hydroxyl groups excluding tert-OH is 2. The molecule has 3 heterocycles. The number of ketones is 1. The maximum Gasteiger partial charge on any atom is 0.274 e. The van der Waals surface area contributed by atoms with Crippen molar-refractivity contribution < 1.29 is 85.3 Å². The molecule has 0 saturated carbocycles. The Bertz CT molecular complexity index is 1940. The number of rotatable bonds is 27. The summed E-state index contributed by atoms with van der Waals surface area (Å²) in [4.78, 5) is 108. The third kappa shape index (κ3) is 16.8. The Balaban J connectivity index is 1.42. The fraction of sp³-hybridized carbons (Fsp3) is 0.710. The molecule has 0 radical (unpaired) electrons. The Morgan fingerprint density at radius 1 is 1.00 bits per heavy atom. The van der Waals surface area contributed by atoms with Gasteiger partial charge in [0.15, 0.2) is 22.8 Å². The molecule has 3 rings (SSSR count). The van der Waals surface area contributed by atoms with Crippen LogP contribution in [0, 0.1) is 5.41 Å². The van der Waals surface area contributed by atoms with Crippen LogP contribution in [0.5, 0.6) is 0 Å². The normalized spacial score (nSPS) is 20.9. The summed E-state index contributed by atoms with van der Waals surface area (Å²) in [6.07, 6.45) is -2.61. The zero-order valence-corrected chi connectivity index (χ0v) is 36.3. The van der Waals surface area contributed by atoms with Gasteiger partial charge in [0.05, 0.1) is 33.8 Å². The Labute approximate surface area is 348 Å². The molecule has 1 saturated heterocycles. The minimum absolute atomic E-state index is 0.0265. The van der Waals surface area contributed by atoms with Crippen LogP contribution in [-0.4, -0.2) is 109 Å². The number of nitrogens with one attached hydrogen (secondary N) is 2. The Hall–Kier alpha value is -2.77. The molecule has 2 unspecified atom stereocenters. The predicted octanol–water partition coefficient (Wildman–Crippen LogP) is -1.54. The Morgan fingerprint density at radius 2 is 1.68 bits per heavy atom. The van der Waals surface area contributed by atoms with Crippen LogP contribution >= 0.6 is 35.2 Å². The molecule has 60 heavy (non-hydrogen) atoms. The lowest BCUT2D eigenvalue weighted by molar-refractivity contribution is -0.347. The van der Waals surface area contributed by atoms with Gasteiger partial charge in [-0.25, -0.2) is 19.3 Å². The van der Waals surface area contributed by atoms with Gasteiger partial charge in [-0.1, -0.05) is 58.2 Å². The zero-order valence-electron chi connectivity index (χ0n) is 32.8. The number of Topliss-reactive ketones (excluding diaryl/α,β-unsaturated/α-hetero) is 1. The van der Waals surface area contributed by atoms with Crippen molar-refractivity contribution in [1.82, 2.24) is 30.2 Å². The number of aliphatic hydroxyl groups is 2. The molecule has 0 bridgehead atoms. The Kier molecular flexibility index (Phi) is 19.8. The van der Waals surface area contributed by atoms with Gasteiger partial charge < -0.3 is 69.0 Å². The van der Waals surface area contributed by atoms with Crippen molar-refractivity contribution in [3.63, 3.8) is 0 Å². The van der Waals surface area contributed by atoms with Crippen LogP contribution in [0.2, 0.25) is 0 Å². The number of unbranched alkanes of at least 4 members (excludes halogenated alkanes) is 4. The fourth-order valence-corrected chi connectivity index (χ4v) is 8.93. The van der Waals surface area contributed by atoms with Gasteiger partial charge in [0.2, 0.25) is 11.8 Å². The molecule has 1 fully saturated rings. The monoisotopic (exact) mass is 931 g/mol. The number of hydrogen-bond donors (Lipinski definition) is 5. The number of carbonyl (C=O) groups excluding carboxylic acids is 4. The lowest BCUT2D eigenvalue weighted by Crippen LogP contribution is -2.46. The van der Waals surface area contributed by atoms with E-state index in [1.165, 1.54) is 13.8 Å². The van der Waals surface area contributed by atoms with E-state index in [1.807, 2.05) is 0 Å². The van der Waals surface area contributed by atoms with E-state index in [0.29, 0.717) is 6.42 Å². The number of nitrogens with two attached hydrogens (primary N) is 1. The number of anilines is 1. The first-order valence-electron chi connectivity index (χ1n) is 18.4. The number of hydrogen-bond acceptors (Lipinski definition) is 23. The molecular formula is C31H48N7O18P3S-4. The quantitative estimate of drug-likeness (QED) is 0.0385. The third-order valence-electron chi connectivity index (χ3n) is 8.64. The second-order valence-electron chi connectivity index (χ2n) is 14.1. The molecule has 0 aromatic carbocycles. The van der Waals surface area contributed by atoms with E-state index in [0.717, 1.165) is 61.1 Å². The predicted molar refractivity (Wildman–Crippen MR) is 201 cm³/mol. The molecular weight excluding hydrogens is 883 g/mol. The summed E-state index contributed by atoms with van der Waals surface area (Å²) < 4.78 is 60.6. The number of phosphoric acid groups is 3. The summed E-state index contributed by atoms with van der Waals surface area (Å²) >= 11 is 0.913. The first kappa shape index (κ1) is 51.6. The highest BCUT2D eigenvalue weighted by Gasteiger charge is 2.47. The number of imidazole rings is 1. The highest BCUT2D eigenvalue weighted by Crippen LogP contribution is 2.56. The van der Waals surface area contributed by atoms with E-state index in [2.05, 4.69) is 50.4 Å². The van der Waals surface area contributed by atoms with Gasteiger partial charge in [0, 0.05) is 37.1 Å². The number of amides is 2. The molecule has 1 aliphatic rings. The lowest BCUT2D eigenvalue weighted by atomic mass is 9.87. The van der Waals surface area contributed by atoms with Crippen molar-refractivity contribution in [2.24, 2.45) is 5.41 Å². The van der Waals surface area contributed by atoms with Gasteiger partial charge in [-0.3, -0.25) is 32.9 Å². The van der Waals surface area contributed by atoms with E-state index in [9.17, 15) is 62.7 Å². The highest BCUT2D eigenvalue weighted by molar-refractivity contribution is 8.13. The van der Waals surface area contributed by atoms with Gasteiger partial charge in [-0.05, 0) is 6.42 Å². The van der Waals surface area contributed by atoms with Crippen LogP contribution in [0.4, 0.5) is 5.82 Å². The number of thioether (sulfide) groups is 1. The van der Waals surface area contributed by atoms with Gasteiger partial charge in [0.1, 0.15) is 42.0 Å². The maximum absolute atomic E-state index is 12.6. The molecule has 1 aliphatic heterocycles. The Morgan fingerprint density at radius 3 is 2.37 bits per heavy atom. The van der Waals surface area contributed by atoms with E-state index in [-0.39, 0.29) is 59.6 Å². The topological polar surface area (TPSA) is 392 Å². The van der Waals surface area contributed by atoms with E-state index >= 15 is 0 Å². The maximum atomic E-state index is 12.6. The third-order valence-corrected chi connectivity index (χ3v) is 12.5. The standard InChI is InChI=1S/C31H52N7O18P3S/c1-4-5-6-7-8-9-19(39)14-22(41)60-13-12-33-21(40)10-11-34-29(44)26(43)31(2,3)16-53-59(50,51)56-58(48,49)52-15-20-25(55-57(45,46)47)24(42)30(54-20)38-18-37-23-27(32)35-17-36-28(23)38/h17-18,20,24-26,30,42-43H,4-16H2,1-3H3,(H,33,40)(H,34,44)(H,48,49)(H,50,51)(H2,32,35,36)(H2,45,46,47)/p-4/t20-,24-,25-,26+,30-/m1/s1. The lowest BCUT2D eigenvalue weighted by Gasteiger charge is -2.36. The smallest absolute Gasteiger partial charge is 0.274 e. The van der Waals surface area contributed by atoms with Gasteiger partial charge in [0.25, 0.3) is 15.6 Å². The average molecular weight is 932 g/mol. The first-order chi connectivity index (χ1) is 27.9. The number of carbonyl (C=O) groups is 4. The second-order valence-corrected chi connectivity index (χ2v) is 19.3. The first-order valence-corrected chi connectivity index (χ1v) is 23.8. The molecule has 25 nitrogen and oxygen atoms in total. The largest absolute Gasteiger partial charge is 0.790 e. The molecule has 0 aliphatic carbocycles. The van der Waals surface area contributed by atoms with Crippen LogP contribution in [0.3, 0.4) is 0 Å². The zero-order chi connectivity index (χ0) is 44.9. The summed E-state index contributed by atoms with van der Waals surface area (Å²) in [5, 5.41) is 25.9. The summed E-state index contributed by atoms with van der Waals surface area (Å²) in [5.74, 6) is -1.53. The van der Waals surface area contributed by atoms with Gasteiger partial charge >= 0.3 is 0 Å². The molecule has 2 amide bonds. The van der Waals surface area contributed by atoms with Crippen molar-refractivity contribution in [2.45, 2.75) is 103 Å². The van der Waals surface area contributed by atoms with Gasteiger partial charge in [-0.15, -0.1) is 0 Å². The van der Waals surface area contributed by atoms with Crippen molar-refractivity contribution in [3.05, 3.63) is 12.7 Å². The minimum Gasteiger partial charge on any atom is -0.790 e. The summed E-state index contributed by atoms with van der Waals surface area (Å²) in [7, 11) is -17.6. The van der Waals surface area contributed by atoms with Gasteiger partial charge in [-0.2, -0.15) is 0 Å². The summed E-state index contributed by atoms with van der Waals surface area (Å²) in [5.41, 5.74) is 4.04. The molecule has 2 aromatic rings. The number of phosphoric ester groups is 3. The molecule has 7 atom stereocenters. The van der Waals surface area contributed by atoms with Crippen LogP contribution in [0.25, 0.3) is 11.2 Å². The van der Waals surface area contributed by atoms with E-state index in [4.69, 9.17) is 10.5 Å². The number of nitrogen functional groups attached to an aromatic ring is 1. The van der Waals surface area contributed by atoms with Crippen LogP contribution in [0.15, 0.2) is 12.7 Å². The van der Waals surface area contributed by atoms with Crippen molar-refractivity contribution in [3.8, 4) is 0 Å². The second kappa shape index (κ2) is 23.1. The molecule has 340 valence electrons. The van der Waals surface area contributed by atoms with Crippen molar-refractivity contribution in [1.29, 1.82) is 0 Å². The number of ether oxygens (including phenoxy) is 1. The average Bonchev–Trinajstić information content (AvgIpc) is 3.71. The fourth-order valence-electron chi connectivity index (χ4n) is 5.50. The number of nitrogens with zero attached hydrogens (tertiary/aromatic N) is 4. The molecule has 2 aromatic heterocycles. The van der Waals surface area contributed by atoms with Crippen LogP contribution in [-0.2, 0) is 55.5 Å². The molecule has 0 spiro atoms. The van der Waals surface area contributed by atoms with E-state index in [1.54, 1.807) is 0 Å². The number of aromatic nitrogens is 4. The number of fused-ring (bicyclic) bond motifs is 1. The SMILES string of the molecule is CCCCCCCC(=O)CC(=O)SCCNC(=O)CCNC(=O)[C@H](O)C(C)(C)COP(=O)([O-])OP(=O)([O-])OC[C@H]1O[C@@H](n2cnc3c(N)ncnc32)[C@H](O)[C@@H]1OP(=O)([O-])[O-]. The van der Waals surface area contributed by atoms with Crippen molar-refractivity contribution >= 4 is 74.9 Å².